The van der Waals surface area contributed by atoms with Crippen LogP contribution in [0.15, 0.2) is 28.7 Å². The number of rotatable bonds is 3. The molecule has 1 rings (SSSR count). The van der Waals surface area contributed by atoms with E-state index in [1.54, 1.807) is 0 Å². The quantitative estimate of drug-likeness (QED) is 0.838. The molecular formula is C10H14BrN. The van der Waals surface area contributed by atoms with Gasteiger partial charge < -0.3 is 5.32 Å². The highest BCUT2D eigenvalue weighted by atomic mass is 79.9. The molecular weight excluding hydrogens is 214 g/mol. The molecule has 0 heterocycles. The molecule has 0 saturated heterocycles. The van der Waals surface area contributed by atoms with Crippen LogP contribution >= 0.6 is 15.9 Å². The van der Waals surface area contributed by atoms with Crippen molar-refractivity contribution in [1.29, 1.82) is 0 Å². The highest BCUT2D eigenvalue weighted by molar-refractivity contribution is 9.10. The van der Waals surface area contributed by atoms with E-state index in [1.807, 2.05) is 13.1 Å². The van der Waals surface area contributed by atoms with Crippen molar-refractivity contribution < 1.29 is 0 Å². The molecule has 1 aromatic carbocycles. The van der Waals surface area contributed by atoms with Gasteiger partial charge in [0.25, 0.3) is 0 Å². The Hall–Kier alpha value is -0.340. The molecule has 0 saturated carbocycles. The lowest BCUT2D eigenvalue weighted by Crippen LogP contribution is -2.14. The van der Waals surface area contributed by atoms with Crippen molar-refractivity contribution in [3.05, 3.63) is 34.3 Å². The van der Waals surface area contributed by atoms with Crippen molar-refractivity contribution in [3.63, 3.8) is 0 Å². The third-order valence-corrected chi connectivity index (χ3v) is 2.50. The molecule has 1 unspecified atom stereocenters. The van der Waals surface area contributed by atoms with Gasteiger partial charge in [-0.1, -0.05) is 35.0 Å². The normalized spacial score (nSPS) is 12.9. The summed E-state index contributed by atoms with van der Waals surface area (Å²) in [6, 6.07) is 8.90. The number of hydrogen-bond donors (Lipinski definition) is 1. The van der Waals surface area contributed by atoms with E-state index < -0.39 is 0 Å². The smallest absolute Gasteiger partial charge is 0.0315 e. The Bertz CT molecular complexity index is 243. The van der Waals surface area contributed by atoms with E-state index in [-0.39, 0.29) is 0 Å². The molecule has 0 bridgehead atoms. The predicted octanol–water partition coefficient (Wildman–Crippen LogP) is 3.12. The number of hydrogen-bond acceptors (Lipinski definition) is 1. The largest absolute Gasteiger partial charge is 0.313 e. The first-order valence-corrected chi connectivity index (χ1v) is 5.00. The molecule has 2 heteroatoms. The third kappa shape index (κ3) is 2.32. The lowest BCUT2D eigenvalue weighted by molar-refractivity contribution is 0.576. The zero-order chi connectivity index (χ0) is 8.97. The van der Waals surface area contributed by atoms with Crippen molar-refractivity contribution in [2.24, 2.45) is 0 Å². The van der Waals surface area contributed by atoms with Crippen molar-refractivity contribution in [1.82, 2.24) is 5.32 Å². The molecule has 0 fully saturated rings. The van der Waals surface area contributed by atoms with Crippen LogP contribution in [0.1, 0.15) is 24.9 Å². The minimum absolute atomic E-state index is 0.475. The van der Waals surface area contributed by atoms with Gasteiger partial charge in [0.2, 0.25) is 0 Å². The standard InChI is InChI=1S/C10H14BrN/c1-3-10(12-2)8-5-4-6-9(11)7-8/h4-7,10,12H,3H2,1-2H3. The molecule has 0 aromatic heterocycles. The van der Waals surface area contributed by atoms with E-state index in [9.17, 15) is 0 Å². The van der Waals surface area contributed by atoms with Crippen LogP contribution < -0.4 is 5.32 Å². The van der Waals surface area contributed by atoms with E-state index >= 15 is 0 Å². The molecule has 0 aliphatic carbocycles. The van der Waals surface area contributed by atoms with Gasteiger partial charge in [0.1, 0.15) is 0 Å². The number of benzene rings is 1. The molecule has 0 radical (unpaired) electrons. The van der Waals surface area contributed by atoms with E-state index in [0.717, 1.165) is 10.9 Å². The SMILES string of the molecule is CCC(NC)c1cccc(Br)c1. The summed E-state index contributed by atoms with van der Waals surface area (Å²) >= 11 is 3.46. The van der Waals surface area contributed by atoms with E-state index in [1.165, 1.54) is 5.56 Å². The van der Waals surface area contributed by atoms with Crippen molar-refractivity contribution in [2.45, 2.75) is 19.4 Å². The summed E-state index contributed by atoms with van der Waals surface area (Å²) in [5.41, 5.74) is 1.34. The summed E-state index contributed by atoms with van der Waals surface area (Å²) in [6.07, 6.45) is 1.12. The Labute approximate surface area is 82.3 Å². The Morgan fingerprint density at radius 2 is 2.25 bits per heavy atom. The van der Waals surface area contributed by atoms with E-state index in [2.05, 4.69) is 46.4 Å². The van der Waals surface area contributed by atoms with Crippen LogP contribution in [-0.2, 0) is 0 Å². The van der Waals surface area contributed by atoms with Gasteiger partial charge in [0.15, 0.2) is 0 Å². The lowest BCUT2D eigenvalue weighted by Gasteiger charge is -2.13. The minimum Gasteiger partial charge on any atom is -0.313 e. The second kappa shape index (κ2) is 4.63. The Morgan fingerprint density at radius 1 is 1.50 bits per heavy atom. The fourth-order valence-corrected chi connectivity index (χ4v) is 1.75. The van der Waals surface area contributed by atoms with Crippen LogP contribution in [0, 0.1) is 0 Å². The Kier molecular flexibility index (Phi) is 3.76. The van der Waals surface area contributed by atoms with Crippen molar-refractivity contribution >= 4 is 15.9 Å². The highest BCUT2D eigenvalue weighted by Crippen LogP contribution is 2.19. The van der Waals surface area contributed by atoms with Crippen LogP contribution in [0.2, 0.25) is 0 Å². The second-order valence-electron chi connectivity index (χ2n) is 2.80. The van der Waals surface area contributed by atoms with Gasteiger partial charge in [-0.2, -0.15) is 0 Å². The minimum atomic E-state index is 0.475. The zero-order valence-corrected chi connectivity index (χ0v) is 9.06. The summed E-state index contributed by atoms with van der Waals surface area (Å²) in [6.45, 7) is 2.18. The molecule has 0 amide bonds. The Morgan fingerprint density at radius 3 is 2.75 bits per heavy atom. The lowest BCUT2D eigenvalue weighted by atomic mass is 10.1. The van der Waals surface area contributed by atoms with Crippen LogP contribution in [-0.4, -0.2) is 7.05 Å². The Balaban J connectivity index is 2.85. The summed E-state index contributed by atoms with van der Waals surface area (Å²) in [7, 11) is 2.00. The molecule has 12 heavy (non-hydrogen) atoms. The predicted molar refractivity (Wildman–Crippen MR) is 56.2 cm³/mol. The summed E-state index contributed by atoms with van der Waals surface area (Å²) in [4.78, 5) is 0. The first-order chi connectivity index (χ1) is 5.77. The first-order valence-electron chi connectivity index (χ1n) is 4.20. The maximum atomic E-state index is 3.46. The molecule has 0 aliphatic rings. The zero-order valence-electron chi connectivity index (χ0n) is 7.47. The van der Waals surface area contributed by atoms with E-state index in [0.29, 0.717) is 6.04 Å². The fraction of sp³-hybridized carbons (Fsp3) is 0.400. The topological polar surface area (TPSA) is 12.0 Å². The van der Waals surface area contributed by atoms with E-state index in [4.69, 9.17) is 0 Å². The van der Waals surface area contributed by atoms with Crippen molar-refractivity contribution in [2.75, 3.05) is 7.05 Å². The van der Waals surface area contributed by atoms with Crippen molar-refractivity contribution in [3.8, 4) is 0 Å². The molecule has 1 nitrogen and oxygen atoms in total. The molecule has 0 spiro atoms. The third-order valence-electron chi connectivity index (χ3n) is 2.01. The molecule has 1 atom stereocenters. The second-order valence-corrected chi connectivity index (χ2v) is 3.72. The van der Waals surface area contributed by atoms with Gasteiger partial charge in [-0.25, -0.2) is 0 Å². The first kappa shape index (κ1) is 9.75. The average Bonchev–Trinajstić information content (AvgIpc) is 2.07. The molecule has 66 valence electrons. The van der Waals surface area contributed by atoms with Gasteiger partial charge >= 0.3 is 0 Å². The number of halogens is 1. The van der Waals surface area contributed by atoms with Gasteiger partial charge in [-0.05, 0) is 31.2 Å². The molecule has 1 aromatic rings. The summed E-state index contributed by atoms with van der Waals surface area (Å²) in [5, 5.41) is 3.27. The van der Waals surface area contributed by atoms with Gasteiger partial charge in [0.05, 0.1) is 0 Å². The van der Waals surface area contributed by atoms with Crippen LogP contribution in [0.5, 0.6) is 0 Å². The summed E-state index contributed by atoms with van der Waals surface area (Å²) in [5.74, 6) is 0. The van der Waals surface area contributed by atoms with Crippen LogP contribution in [0.25, 0.3) is 0 Å². The summed E-state index contributed by atoms with van der Waals surface area (Å²) < 4.78 is 1.15. The highest BCUT2D eigenvalue weighted by Gasteiger charge is 2.05. The van der Waals surface area contributed by atoms with Gasteiger partial charge in [-0.15, -0.1) is 0 Å². The van der Waals surface area contributed by atoms with Gasteiger partial charge in [0, 0.05) is 10.5 Å². The average molecular weight is 228 g/mol. The molecule has 1 N–H and O–H groups in total. The maximum Gasteiger partial charge on any atom is 0.0315 e. The monoisotopic (exact) mass is 227 g/mol. The van der Waals surface area contributed by atoms with Crippen LogP contribution in [0.4, 0.5) is 0 Å². The maximum absolute atomic E-state index is 3.46. The van der Waals surface area contributed by atoms with Gasteiger partial charge in [-0.3, -0.25) is 0 Å². The number of nitrogens with one attached hydrogen (secondary N) is 1. The van der Waals surface area contributed by atoms with Crippen LogP contribution in [0.3, 0.4) is 0 Å². The fourth-order valence-electron chi connectivity index (χ4n) is 1.33. The molecule has 0 aliphatic heterocycles.